The second-order valence-electron chi connectivity index (χ2n) is 7.71. The number of thiophene rings is 1. The number of benzene rings is 1. The Morgan fingerprint density at radius 2 is 1.56 bits per heavy atom. The quantitative estimate of drug-likeness (QED) is 0.503. The second-order valence-corrected chi connectivity index (χ2v) is 8.74. The zero-order valence-electron chi connectivity index (χ0n) is 18.6. The number of fused-ring (bicyclic) bond motifs is 1. The van der Waals surface area contributed by atoms with E-state index in [9.17, 15) is 29.1 Å². The Labute approximate surface area is 199 Å². The van der Waals surface area contributed by atoms with E-state index in [1.165, 1.54) is 16.2 Å². The SMILES string of the molecule is CC(=O)O[C@@H](C(=O)NC(Cc1cccs1)C(=O)O)[C@@H](OC(C)=O)C(=O)N1Cc2ccccc2C1. The van der Waals surface area contributed by atoms with Gasteiger partial charge in [-0.15, -0.1) is 11.3 Å². The standard InChI is InChI=1S/C23H24N2O8S/c1-13(26)32-19(21(28)24-18(23(30)31)10-17-8-5-9-34-17)20(33-14(2)27)22(29)25-11-15-6-3-4-7-16(15)12-25/h3-9,18-20H,10-12H2,1-2H3,(H,24,28)(H,30,31)/t18?,19-,20-/m1/s1. The molecule has 0 spiro atoms. The first-order valence-electron chi connectivity index (χ1n) is 10.4. The van der Waals surface area contributed by atoms with E-state index < -0.39 is 48.0 Å². The molecule has 3 atom stereocenters. The Kier molecular flexibility index (Phi) is 8.00. The summed E-state index contributed by atoms with van der Waals surface area (Å²) >= 11 is 1.32. The Morgan fingerprint density at radius 1 is 0.971 bits per heavy atom. The van der Waals surface area contributed by atoms with E-state index in [2.05, 4.69) is 5.32 Å². The van der Waals surface area contributed by atoms with Crippen molar-refractivity contribution in [1.82, 2.24) is 10.2 Å². The van der Waals surface area contributed by atoms with Crippen LogP contribution >= 0.6 is 11.3 Å². The summed E-state index contributed by atoms with van der Waals surface area (Å²) < 4.78 is 10.2. The fraction of sp³-hybridized carbons (Fsp3) is 0.348. The van der Waals surface area contributed by atoms with Crippen molar-refractivity contribution >= 4 is 41.1 Å². The minimum Gasteiger partial charge on any atom is -0.480 e. The lowest BCUT2D eigenvalue weighted by atomic mass is 10.1. The predicted molar refractivity (Wildman–Crippen MR) is 119 cm³/mol. The Balaban J connectivity index is 1.84. The third-order valence-corrected chi connectivity index (χ3v) is 6.01. The first kappa shape index (κ1) is 24.9. The van der Waals surface area contributed by atoms with E-state index in [1.807, 2.05) is 24.3 Å². The van der Waals surface area contributed by atoms with Crippen molar-refractivity contribution in [3.8, 4) is 0 Å². The molecule has 180 valence electrons. The van der Waals surface area contributed by atoms with Gasteiger partial charge in [-0.1, -0.05) is 30.3 Å². The number of carbonyl (C=O) groups is 5. The van der Waals surface area contributed by atoms with Crippen LogP contribution in [-0.4, -0.2) is 58.0 Å². The Bertz CT molecular complexity index is 1060. The number of hydrogen-bond donors (Lipinski definition) is 2. The lowest BCUT2D eigenvalue weighted by Crippen LogP contribution is -2.56. The van der Waals surface area contributed by atoms with Crippen LogP contribution in [0, 0.1) is 0 Å². The van der Waals surface area contributed by atoms with Crippen LogP contribution in [0.5, 0.6) is 0 Å². The maximum atomic E-state index is 13.3. The van der Waals surface area contributed by atoms with Gasteiger partial charge < -0.3 is 24.8 Å². The van der Waals surface area contributed by atoms with Crippen LogP contribution in [0.15, 0.2) is 41.8 Å². The molecule has 1 unspecified atom stereocenters. The molecule has 2 amide bonds. The molecule has 1 aromatic heterocycles. The largest absolute Gasteiger partial charge is 0.480 e. The van der Waals surface area contributed by atoms with Gasteiger partial charge in [0, 0.05) is 38.2 Å². The lowest BCUT2D eigenvalue weighted by molar-refractivity contribution is -0.178. The van der Waals surface area contributed by atoms with Crippen LogP contribution in [-0.2, 0) is 53.0 Å². The molecule has 2 heterocycles. The fourth-order valence-electron chi connectivity index (χ4n) is 3.60. The van der Waals surface area contributed by atoms with Crippen LogP contribution in [0.2, 0.25) is 0 Å². The molecule has 0 radical (unpaired) electrons. The van der Waals surface area contributed by atoms with Gasteiger partial charge in [-0.05, 0) is 22.6 Å². The third-order valence-electron chi connectivity index (χ3n) is 5.12. The molecular weight excluding hydrogens is 464 g/mol. The lowest BCUT2D eigenvalue weighted by Gasteiger charge is -2.28. The average Bonchev–Trinajstić information content (AvgIpc) is 3.44. The number of rotatable bonds is 9. The van der Waals surface area contributed by atoms with E-state index in [0.717, 1.165) is 25.0 Å². The normalized spacial score (nSPS) is 14.9. The first-order valence-corrected chi connectivity index (χ1v) is 11.3. The molecule has 2 N–H and O–H groups in total. The third kappa shape index (κ3) is 6.19. The summed E-state index contributed by atoms with van der Waals surface area (Å²) in [5.41, 5.74) is 1.79. The van der Waals surface area contributed by atoms with Crippen LogP contribution in [0.4, 0.5) is 0 Å². The van der Waals surface area contributed by atoms with E-state index in [1.54, 1.807) is 17.5 Å². The van der Waals surface area contributed by atoms with Gasteiger partial charge in [0.25, 0.3) is 11.8 Å². The van der Waals surface area contributed by atoms with Crippen molar-refractivity contribution in [3.05, 3.63) is 57.8 Å². The molecule has 10 nitrogen and oxygen atoms in total. The highest BCUT2D eigenvalue weighted by atomic mass is 32.1. The predicted octanol–water partition coefficient (Wildman–Crippen LogP) is 1.27. The van der Waals surface area contributed by atoms with Gasteiger partial charge in [0.2, 0.25) is 12.2 Å². The van der Waals surface area contributed by atoms with Crippen LogP contribution in [0.1, 0.15) is 29.9 Å². The zero-order valence-corrected chi connectivity index (χ0v) is 19.4. The molecule has 11 heteroatoms. The fourth-order valence-corrected chi connectivity index (χ4v) is 4.36. The molecule has 0 fully saturated rings. The van der Waals surface area contributed by atoms with Gasteiger partial charge in [0.05, 0.1) is 0 Å². The van der Waals surface area contributed by atoms with E-state index in [-0.39, 0.29) is 19.5 Å². The monoisotopic (exact) mass is 488 g/mol. The highest BCUT2D eigenvalue weighted by molar-refractivity contribution is 7.09. The molecule has 34 heavy (non-hydrogen) atoms. The minimum absolute atomic E-state index is 0.0147. The topological polar surface area (TPSA) is 139 Å². The number of amides is 2. The molecule has 0 saturated heterocycles. The Hall–Kier alpha value is -3.73. The smallest absolute Gasteiger partial charge is 0.326 e. The maximum Gasteiger partial charge on any atom is 0.326 e. The van der Waals surface area contributed by atoms with Crippen molar-refractivity contribution in [1.29, 1.82) is 0 Å². The van der Waals surface area contributed by atoms with Crippen molar-refractivity contribution in [2.45, 2.75) is 51.6 Å². The average molecular weight is 489 g/mol. The molecule has 0 saturated carbocycles. The van der Waals surface area contributed by atoms with E-state index in [4.69, 9.17) is 9.47 Å². The van der Waals surface area contributed by atoms with Crippen molar-refractivity contribution in [2.24, 2.45) is 0 Å². The second kappa shape index (κ2) is 10.9. The maximum absolute atomic E-state index is 13.3. The van der Waals surface area contributed by atoms with Gasteiger partial charge in [0.15, 0.2) is 0 Å². The van der Waals surface area contributed by atoms with Crippen molar-refractivity contribution in [3.63, 3.8) is 0 Å². The molecular formula is C23H24N2O8S. The summed E-state index contributed by atoms with van der Waals surface area (Å²) in [6.45, 7) is 2.52. The number of carboxylic acid groups (broad SMARTS) is 1. The summed E-state index contributed by atoms with van der Waals surface area (Å²) in [6, 6.07) is 9.45. The molecule has 1 aliphatic rings. The van der Waals surface area contributed by atoms with E-state index >= 15 is 0 Å². The summed E-state index contributed by atoms with van der Waals surface area (Å²) in [5.74, 6) is -4.88. The van der Waals surface area contributed by atoms with Gasteiger partial charge in [-0.25, -0.2) is 4.79 Å². The van der Waals surface area contributed by atoms with Crippen molar-refractivity contribution in [2.75, 3.05) is 0 Å². The van der Waals surface area contributed by atoms with Crippen LogP contribution < -0.4 is 5.32 Å². The summed E-state index contributed by atoms with van der Waals surface area (Å²) in [4.78, 5) is 63.8. The summed E-state index contributed by atoms with van der Waals surface area (Å²) in [5, 5.41) is 13.6. The molecule has 0 bridgehead atoms. The van der Waals surface area contributed by atoms with Gasteiger partial charge in [0.1, 0.15) is 6.04 Å². The molecule has 1 aromatic carbocycles. The van der Waals surface area contributed by atoms with Gasteiger partial charge in [-0.2, -0.15) is 0 Å². The van der Waals surface area contributed by atoms with Crippen molar-refractivity contribution < 1.29 is 38.6 Å². The molecule has 3 rings (SSSR count). The highest BCUT2D eigenvalue weighted by Gasteiger charge is 2.43. The number of ether oxygens (including phenoxy) is 2. The highest BCUT2D eigenvalue weighted by Crippen LogP contribution is 2.24. The molecule has 2 aromatic rings. The first-order chi connectivity index (χ1) is 16.2. The summed E-state index contributed by atoms with van der Waals surface area (Å²) in [6.07, 6.45) is -3.67. The number of aliphatic carboxylic acids is 1. The Morgan fingerprint density at radius 3 is 2.06 bits per heavy atom. The zero-order chi connectivity index (χ0) is 24.8. The minimum atomic E-state index is -1.87. The number of nitrogens with one attached hydrogen (secondary N) is 1. The van der Waals surface area contributed by atoms with Gasteiger partial charge >= 0.3 is 17.9 Å². The number of esters is 2. The molecule has 1 aliphatic heterocycles. The number of hydrogen-bond acceptors (Lipinski definition) is 8. The van der Waals surface area contributed by atoms with Crippen LogP contribution in [0.25, 0.3) is 0 Å². The number of carboxylic acids is 1. The molecule has 0 aliphatic carbocycles. The van der Waals surface area contributed by atoms with Gasteiger partial charge in [-0.3, -0.25) is 19.2 Å². The summed E-state index contributed by atoms with van der Waals surface area (Å²) in [7, 11) is 0. The number of carbonyl (C=O) groups excluding carboxylic acids is 4. The number of nitrogens with zero attached hydrogens (tertiary/aromatic N) is 1. The van der Waals surface area contributed by atoms with Crippen LogP contribution in [0.3, 0.4) is 0 Å². The van der Waals surface area contributed by atoms with E-state index in [0.29, 0.717) is 4.88 Å².